The molecular formula is C37H57N5O3. The molecule has 0 radical (unpaired) electrons. The van der Waals surface area contributed by atoms with Crippen molar-refractivity contribution in [2.45, 2.75) is 108 Å². The molecule has 248 valence electrons. The number of morpholine rings is 2. The van der Waals surface area contributed by atoms with Crippen LogP contribution in [0.2, 0.25) is 0 Å². The fraction of sp³-hybridized carbons (Fsp3) is 0.703. The summed E-state index contributed by atoms with van der Waals surface area (Å²) in [5.41, 5.74) is 0.507. The van der Waals surface area contributed by atoms with E-state index in [1.165, 1.54) is 24.8 Å². The molecule has 2 aromatic rings. The number of piperidine rings is 1. The number of hydrogen-bond acceptors (Lipinski definition) is 7. The quantitative estimate of drug-likeness (QED) is 0.331. The summed E-state index contributed by atoms with van der Waals surface area (Å²) in [5.74, 6) is 0.0772. The van der Waals surface area contributed by atoms with E-state index in [1.807, 2.05) is 23.4 Å². The van der Waals surface area contributed by atoms with E-state index in [-0.39, 0.29) is 29.1 Å². The van der Waals surface area contributed by atoms with Gasteiger partial charge in [0.15, 0.2) is 0 Å². The summed E-state index contributed by atoms with van der Waals surface area (Å²) in [6.07, 6.45) is 11.3. The van der Waals surface area contributed by atoms with E-state index in [9.17, 15) is 4.79 Å². The zero-order valence-electron chi connectivity index (χ0n) is 29.0. The number of hydrogen-bond donors (Lipinski definition) is 0. The molecule has 3 atom stereocenters. The Morgan fingerprint density at radius 3 is 2.09 bits per heavy atom. The van der Waals surface area contributed by atoms with Crippen molar-refractivity contribution >= 4 is 5.91 Å². The molecule has 5 heterocycles. The number of nitrogens with zero attached hydrogens (tertiary/aromatic N) is 5. The highest BCUT2D eigenvalue weighted by atomic mass is 16.5. The van der Waals surface area contributed by atoms with Gasteiger partial charge in [0.1, 0.15) is 6.61 Å². The van der Waals surface area contributed by atoms with Crippen LogP contribution in [-0.2, 0) is 25.1 Å². The molecule has 2 unspecified atom stereocenters. The number of rotatable bonds is 11. The SMILES string of the molecule is CC(C)(CC[C@](C)(c1cccnc1)C(C)(c1ccccn1)C(C)(N1CCCCC1)C(C)(C)N1CCOCC1)N1CCOCC1=O. The molecule has 8 nitrogen and oxygen atoms in total. The molecule has 3 fully saturated rings. The first-order valence-corrected chi connectivity index (χ1v) is 17.2. The maximum Gasteiger partial charge on any atom is 0.249 e. The molecule has 8 heteroatoms. The number of pyridine rings is 2. The summed E-state index contributed by atoms with van der Waals surface area (Å²) in [6, 6.07) is 10.8. The summed E-state index contributed by atoms with van der Waals surface area (Å²) in [5, 5.41) is 0. The molecule has 0 saturated carbocycles. The van der Waals surface area contributed by atoms with Gasteiger partial charge in [0.05, 0.1) is 19.8 Å². The van der Waals surface area contributed by atoms with Crippen LogP contribution in [0.5, 0.6) is 0 Å². The maximum absolute atomic E-state index is 13.1. The number of carbonyl (C=O) groups is 1. The van der Waals surface area contributed by atoms with E-state index >= 15 is 0 Å². The van der Waals surface area contributed by atoms with E-state index in [1.54, 1.807) is 0 Å². The average Bonchev–Trinajstić information content (AvgIpc) is 3.08. The van der Waals surface area contributed by atoms with Crippen molar-refractivity contribution in [3.63, 3.8) is 0 Å². The van der Waals surface area contributed by atoms with Crippen LogP contribution in [0.25, 0.3) is 0 Å². The molecule has 1 amide bonds. The van der Waals surface area contributed by atoms with Crippen molar-refractivity contribution in [3.05, 3.63) is 60.2 Å². The Bertz CT molecular complexity index is 1260. The number of ether oxygens (including phenoxy) is 2. The third-order valence-electron chi connectivity index (χ3n) is 12.5. The van der Waals surface area contributed by atoms with Crippen molar-refractivity contribution in [1.82, 2.24) is 24.7 Å². The fourth-order valence-corrected chi connectivity index (χ4v) is 9.04. The number of amides is 1. The van der Waals surface area contributed by atoms with Gasteiger partial charge in [-0.15, -0.1) is 0 Å². The van der Waals surface area contributed by atoms with Crippen molar-refractivity contribution in [1.29, 1.82) is 0 Å². The first-order chi connectivity index (χ1) is 21.4. The first-order valence-electron chi connectivity index (χ1n) is 17.2. The monoisotopic (exact) mass is 619 g/mol. The largest absolute Gasteiger partial charge is 0.379 e. The second-order valence-electron chi connectivity index (χ2n) is 15.1. The van der Waals surface area contributed by atoms with Crippen LogP contribution in [0.1, 0.15) is 91.8 Å². The minimum atomic E-state index is -0.478. The van der Waals surface area contributed by atoms with Gasteiger partial charge < -0.3 is 14.4 Å². The third kappa shape index (κ3) is 5.97. The molecule has 2 aromatic heterocycles. The number of carbonyl (C=O) groups excluding carboxylic acids is 1. The molecule has 5 rings (SSSR count). The average molecular weight is 620 g/mol. The predicted molar refractivity (Wildman–Crippen MR) is 179 cm³/mol. The summed E-state index contributed by atoms with van der Waals surface area (Å²) < 4.78 is 11.4. The Labute approximate surface area is 271 Å². The summed E-state index contributed by atoms with van der Waals surface area (Å²) in [4.78, 5) is 30.6. The van der Waals surface area contributed by atoms with Gasteiger partial charge in [-0.25, -0.2) is 0 Å². The topological polar surface area (TPSA) is 71.0 Å². The van der Waals surface area contributed by atoms with E-state index < -0.39 is 10.8 Å². The Morgan fingerprint density at radius 1 is 0.756 bits per heavy atom. The summed E-state index contributed by atoms with van der Waals surface area (Å²) in [6.45, 7) is 23.7. The predicted octanol–water partition coefficient (Wildman–Crippen LogP) is 5.47. The van der Waals surface area contributed by atoms with Gasteiger partial charge in [0, 0.05) is 71.4 Å². The van der Waals surface area contributed by atoms with E-state index in [2.05, 4.69) is 88.7 Å². The van der Waals surface area contributed by atoms with Gasteiger partial charge >= 0.3 is 0 Å². The van der Waals surface area contributed by atoms with Gasteiger partial charge in [-0.1, -0.05) is 32.4 Å². The molecule has 0 spiro atoms. The van der Waals surface area contributed by atoms with Crippen LogP contribution < -0.4 is 0 Å². The normalized spacial score (nSPS) is 23.6. The van der Waals surface area contributed by atoms with Gasteiger partial charge in [-0.05, 0) is 97.2 Å². The maximum atomic E-state index is 13.1. The molecule has 45 heavy (non-hydrogen) atoms. The zero-order chi connectivity index (χ0) is 32.3. The summed E-state index contributed by atoms with van der Waals surface area (Å²) in [7, 11) is 0. The highest BCUT2D eigenvalue weighted by Gasteiger charge is 2.66. The Hall–Kier alpha value is -2.39. The molecule has 3 aliphatic rings. The van der Waals surface area contributed by atoms with E-state index in [0.717, 1.165) is 57.9 Å². The van der Waals surface area contributed by atoms with Crippen molar-refractivity contribution < 1.29 is 14.3 Å². The zero-order valence-corrected chi connectivity index (χ0v) is 29.0. The van der Waals surface area contributed by atoms with Crippen LogP contribution in [0.4, 0.5) is 0 Å². The number of aromatic nitrogens is 2. The lowest BCUT2D eigenvalue weighted by atomic mass is 9.46. The molecular weight excluding hydrogens is 562 g/mol. The smallest absolute Gasteiger partial charge is 0.249 e. The van der Waals surface area contributed by atoms with Crippen LogP contribution in [0, 0.1) is 0 Å². The lowest BCUT2D eigenvalue weighted by Crippen LogP contribution is -2.79. The molecule has 0 aliphatic carbocycles. The van der Waals surface area contributed by atoms with Crippen LogP contribution >= 0.6 is 0 Å². The van der Waals surface area contributed by atoms with Crippen LogP contribution in [-0.4, -0.2) is 106 Å². The molecule has 0 N–H and O–H groups in total. The lowest BCUT2D eigenvalue weighted by Gasteiger charge is -2.68. The van der Waals surface area contributed by atoms with Gasteiger partial charge in [0.2, 0.25) is 5.91 Å². The molecule has 3 saturated heterocycles. The first kappa shape index (κ1) is 34.0. The van der Waals surface area contributed by atoms with Gasteiger partial charge in [-0.2, -0.15) is 0 Å². The van der Waals surface area contributed by atoms with E-state index in [4.69, 9.17) is 19.4 Å². The number of likely N-dealkylation sites (tertiary alicyclic amines) is 1. The lowest BCUT2D eigenvalue weighted by molar-refractivity contribution is -0.151. The van der Waals surface area contributed by atoms with Crippen molar-refractivity contribution in [2.75, 3.05) is 59.2 Å². The minimum Gasteiger partial charge on any atom is -0.379 e. The third-order valence-corrected chi connectivity index (χ3v) is 12.5. The Balaban J connectivity index is 1.73. The Kier molecular flexibility index (Phi) is 10.1. The van der Waals surface area contributed by atoms with Crippen LogP contribution in [0.15, 0.2) is 48.9 Å². The van der Waals surface area contributed by atoms with Crippen molar-refractivity contribution in [2.24, 2.45) is 0 Å². The molecule has 0 bridgehead atoms. The molecule has 0 aromatic carbocycles. The second-order valence-corrected chi connectivity index (χ2v) is 15.1. The van der Waals surface area contributed by atoms with Gasteiger partial charge in [-0.3, -0.25) is 24.6 Å². The summed E-state index contributed by atoms with van der Waals surface area (Å²) >= 11 is 0. The minimum absolute atomic E-state index is 0.0772. The highest BCUT2D eigenvalue weighted by molar-refractivity contribution is 5.78. The van der Waals surface area contributed by atoms with Crippen molar-refractivity contribution in [3.8, 4) is 0 Å². The fourth-order valence-electron chi connectivity index (χ4n) is 9.04. The second kappa shape index (κ2) is 13.4. The highest BCUT2D eigenvalue weighted by Crippen LogP contribution is 2.59. The van der Waals surface area contributed by atoms with Crippen LogP contribution in [0.3, 0.4) is 0 Å². The van der Waals surface area contributed by atoms with Gasteiger partial charge in [0.25, 0.3) is 0 Å². The Morgan fingerprint density at radius 2 is 1.47 bits per heavy atom. The standard InChI is InChI=1S/C37H57N5O3/c1-33(2,42-24-27-45-29-32(42)43)16-17-35(5,30-14-13-18-38-28-30)36(6,31-15-9-10-19-39-31)37(7,41-20-11-8-12-21-41)34(3,4)40-22-25-44-26-23-40/h9-10,13-15,18-19,28H,8,11-12,16-17,20-27,29H2,1-7H3/t35-,36?,37?/m1/s1. The van der Waals surface area contributed by atoms with E-state index in [0.29, 0.717) is 13.2 Å². The molecule has 3 aliphatic heterocycles.